The molecule has 0 saturated heterocycles. The SMILES string of the molecule is CCOC(=O)c1csc(Nc2cc(Sc3c(Cl)cccc3Cl)ccn2)n1. The average molecular weight is 426 g/mol. The quantitative estimate of drug-likeness (QED) is 0.494. The molecule has 3 aromatic rings. The van der Waals surface area contributed by atoms with Gasteiger partial charge in [0.1, 0.15) is 5.82 Å². The molecule has 0 saturated carbocycles. The zero-order chi connectivity index (χ0) is 18.5. The third-order valence-electron chi connectivity index (χ3n) is 3.09. The zero-order valence-electron chi connectivity index (χ0n) is 13.5. The summed E-state index contributed by atoms with van der Waals surface area (Å²) in [7, 11) is 0. The number of nitrogens with zero attached hydrogens (tertiary/aromatic N) is 2. The van der Waals surface area contributed by atoms with E-state index in [0.717, 1.165) is 9.79 Å². The largest absolute Gasteiger partial charge is 0.461 e. The van der Waals surface area contributed by atoms with Crippen LogP contribution in [-0.2, 0) is 4.74 Å². The smallest absolute Gasteiger partial charge is 0.357 e. The van der Waals surface area contributed by atoms with E-state index in [9.17, 15) is 4.79 Å². The Morgan fingerprint density at radius 3 is 2.81 bits per heavy atom. The van der Waals surface area contributed by atoms with Gasteiger partial charge >= 0.3 is 5.97 Å². The molecule has 1 aromatic carbocycles. The molecule has 0 bridgehead atoms. The fourth-order valence-corrected chi connectivity index (χ4v) is 4.16. The molecule has 0 aliphatic carbocycles. The Morgan fingerprint density at radius 2 is 2.08 bits per heavy atom. The van der Waals surface area contributed by atoms with E-state index in [1.54, 1.807) is 36.7 Å². The first-order valence-electron chi connectivity index (χ1n) is 7.54. The second-order valence-corrected chi connectivity index (χ2v) is 7.67. The normalized spacial score (nSPS) is 10.6. The van der Waals surface area contributed by atoms with Gasteiger partial charge in [-0.15, -0.1) is 11.3 Å². The maximum atomic E-state index is 11.7. The number of esters is 1. The van der Waals surface area contributed by atoms with Crippen LogP contribution in [0.15, 0.2) is 51.7 Å². The Balaban J connectivity index is 1.75. The van der Waals surface area contributed by atoms with Crippen LogP contribution in [0.25, 0.3) is 0 Å². The Kier molecular flexibility index (Phi) is 6.37. The Bertz CT molecular complexity index is 914. The number of carbonyl (C=O) groups excluding carboxylic acids is 1. The van der Waals surface area contributed by atoms with Crippen LogP contribution in [0.4, 0.5) is 10.9 Å². The van der Waals surface area contributed by atoms with Crippen molar-refractivity contribution in [3.63, 3.8) is 0 Å². The van der Waals surface area contributed by atoms with Gasteiger partial charge in [-0.2, -0.15) is 0 Å². The van der Waals surface area contributed by atoms with Crippen molar-refractivity contribution in [3.8, 4) is 0 Å². The third kappa shape index (κ3) is 4.67. The summed E-state index contributed by atoms with van der Waals surface area (Å²) in [5.41, 5.74) is 0.271. The van der Waals surface area contributed by atoms with Crippen LogP contribution in [-0.4, -0.2) is 22.5 Å². The minimum absolute atomic E-state index is 0.271. The van der Waals surface area contributed by atoms with Crippen molar-refractivity contribution in [2.45, 2.75) is 16.7 Å². The lowest BCUT2D eigenvalue weighted by molar-refractivity contribution is 0.0520. The zero-order valence-corrected chi connectivity index (χ0v) is 16.7. The summed E-state index contributed by atoms with van der Waals surface area (Å²) in [6, 6.07) is 9.11. The molecular weight excluding hydrogens is 413 g/mol. The lowest BCUT2D eigenvalue weighted by Gasteiger charge is -2.08. The highest BCUT2D eigenvalue weighted by atomic mass is 35.5. The maximum absolute atomic E-state index is 11.7. The number of hydrogen-bond donors (Lipinski definition) is 1. The number of pyridine rings is 1. The molecule has 0 aliphatic heterocycles. The molecule has 9 heteroatoms. The minimum Gasteiger partial charge on any atom is -0.461 e. The predicted molar refractivity (Wildman–Crippen MR) is 106 cm³/mol. The van der Waals surface area contributed by atoms with Crippen LogP contribution in [0.2, 0.25) is 10.0 Å². The molecular formula is C17H13Cl2N3O2S2. The van der Waals surface area contributed by atoms with Crippen LogP contribution < -0.4 is 5.32 Å². The van der Waals surface area contributed by atoms with Crippen molar-refractivity contribution in [2.75, 3.05) is 11.9 Å². The number of nitrogens with one attached hydrogen (secondary N) is 1. The summed E-state index contributed by atoms with van der Waals surface area (Å²) in [6.07, 6.45) is 1.68. The lowest BCUT2D eigenvalue weighted by Crippen LogP contribution is -2.05. The summed E-state index contributed by atoms with van der Waals surface area (Å²) >= 11 is 15.2. The second-order valence-electron chi connectivity index (χ2n) is 4.91. The van der Waals surface area contributed by atoms with Crippen LogP contribution in [0.1, 0.15) is 17.4 Å². The van der Waals surface area contributed by atoms with Crippen molar-refractivity contribution in [2.24, 2.45) is 0 Å². The average Bonchev–Trinajstić information content (AvgIpc) is 3.07. The van der Waals surface area contributed by atoms with Gasteiger partial charge in [0.25, 0.3) is 0 Å². The molecule has 0 aliphatic rings. The molecule has 134 valence electrons. The van der Waals surface area contributed by atoms with Crippen molar-refractivity contribution < 1.29 is 9.53 Å². The monoisotopic (exact) mass is 425 g/mol. The Hall–Kier alpha value is -1.80. The second kappa shape index (κ2) is 8.73. The van der Waals surface area contributed by atoms with Gasteiger partial charge in [0.2, 0.25) is 0 Å². The predicted octanol–water partition coefficient (Wildman–Crippen LogP) is 5.92. The molecule has 0 atom stereocenters. The van der Waals surface area contributed by atoms with Crippen LogP contribution >= 0.6 is 46.3 Å². The molecule has 0 fully saturated rings. The van der Waals surface area contributed by atoms with E-state index in [2.05, 4.69) is 15.3 Å². The van der Waals surface area contributed by atoms with Gasteiger partial charge in [-0.05, 0) is 31.2 Å². The molecule has 0 unspecified atom stereocenters. The first-order chi connectivity index (χ1) is 12.6. The van der Waals surface area contributed by atoms with Gasteiger partial charge in [0, 0.05) is 21.4 Å². The van der Waals surface area contributed by atoms with Gasteiger partial charge in [0.05, 0.1) is 16.7 Å². The first kappa shape index (κ1) is 19.0. The van der Waals surface area contributed by atoms with E-state index in [1.165, 1.54) is 23.1 Å². The highest BCUT2D eigenvalue weighted by molar-refractivity contribution is 7.99. The van der Waals surface area contributed by atoms with Crippen molar-refractivity contribution in [1.29, 1.82) is 0 Å². The van der Waals surface area contributed by atoms with Crippen LogP contribution in [0.5, 0.6) is 0 Å². The van der Waals surface area contributed by atoms with Crippen LogP contribution in [0.3, 0.4) is 0 Å². The first-order valence-corrected chi connectivity index (χ1v) is 9.99. The number of aromatic nitrogens is 2. The topological polar surface area (TPSA) is 64.1 Å². The molecule has 5 nitrogen and oxygen atoms in total. The minimum atomic E-state index is -0.442. The van der Waals surface area contributed by atoms with Crippen LogP contribution in [0, 0.1) is 0 Å². The summed E-state index contributed by atoms with van der Waals surface area (Å²) in [6.45, 7) is 2.06. The molecule has 2 aromatic heterocycles. The van der Waals surface area contributed by atoms with Gasteiger partial charge in [-0.25, -0.2) is 14.8 Å². The molecule has 2 heterocycles. The van der Waals surface area contributed by atoms with E-state index in [4.69, 9.17) is 27.9 Å². The maximum Gasteiger partial charge on any atom is 0.357 e. The fraction of sp³-hybridized carbons (Fsp3) is 0.118. The molecule has 0 radical (unpaired) electrons. The van der Waals surface area contributed by atoms with Gasteiger partial charge in [0.15, 0.2) is 10.8 Å². The third-order valence-corrected chi connectivity index (χ3v) is 5.84. The van der Waals surface area contributed by atoms with E-state index < -0.39 is 5.97 Å². The Morgan fingerprint density at radius 1 is 1.31 bits per heavy atom. The number of ether oxygens (including phenoxy) is 1. The van der Waals surface area contributed by atoms with E-state index in [0.29, 0.717) is 27.6 Å². The molecule has 0 amide bonds. The molecule has 26 heavy (non-hydrogen) atoms. The summed E-state index contributed by atoms with van der Waals surface area (Å²) in [4.78, 5) is 21.9. The van der Waals surface area contributed by atoms with Gasteiger partial charge in [-0.3, -0.25) is 0 Å². The van der Waals surface area contributed by atoms with Crippen molar-refractivity contribution in [3.05, 3.63) is 57.6 Å². The molecule has 1 N–H and O–H groups in total. The summed E-state index contributed by atoms with van der Waals surface area (Å²) < 4.78 is 4.93. The summed E-state index contributed by atoms with van der Waals surface area (Å²) in [5, 5.41) is 6.46. The molecule has 3 rings (SSSR count). The van der Waals surface area contributed by atoms with Gasteiger partial charge < -0.3 is 10.1 Å². The van der Waals surface area contributed by atoms with E-state index >= 15 is 0 Å². The molecule has 0 spiro atoms. The highest BCUT2D eigenvalue weighted by Gasteiger charge is 2.12. The van der Waals surface area contributed by atoms with Gasteiger partial charge in [-0.1, -0.05) is 41.0 Å². The van der Waals surface area contributed by atoms with Crippen molar-refractivity contribution in [1.82, 2.24) is 9.97 Å². The number of rotatable bonds is 6. The summed E-state index contributed by atoms with van der Waals surface area (Å²) in [5.74, 6) is 0.158. The van der Waals surface area contributed by atoms with E-state index in [1.807, 2.05) is 12.1 Å². The number of carbonyl (C=O) groups is 1. The number of thiazole rings is 1. The van der Waals surface area contributed by atoms with E-state index in [-0.39, 0.29) is 5.69 Å². The van der Waals surface area contributed by atoms with Crippen molar-refractivity contribution >= 4 is 63.2 Å². The Labute approximate surface area is 168 Å². The number of hydrogen-bond acceptors (Lipinski definition) is 7. The number of anilines is 2. The lowest BCUT2D eigenvalue weighted by atomic mass is 10.4. The number of halogens is 2. The number of benzene rings is 1. The fourth-order valence-electron chi connectivity index (χ4n) is 1.98. The standard InChI is InChI=1S/C17H13Cl2N3O2S2/c1-2-24-16(23)13-9-25-17(21-13)22-14-8-10(6-7-20-14)26-15-11(18)4-3-5-12(15)19/h3-9H,2H2,1H3,(H,20,21,22). The highest BCUT2D eigenvalue weighted by Crippen LogP contribution is 2.39.